The van der Waals surface area contributed by atoms with Crippen LogP contribution in [0.3, 0.4) is 0 Å². The fraction of sp³-hybridized carbons (Fsp3) is 0.148. The fourth-order valence-corrected chi connectivity index (χ4v) is 5.05. The van der Waals surface area contributed by atoms with Crippen molar-refractivity contribution in [2.45, 2.75) is 0 Å². The number of anilines is 2. The molecule has 0 saturated carbocycles. The van der Waals surface area contributed by atoms with Gasteiger partial charge in [-0.15, -0.1) is 0 Å². The van der Waals surface area contributed by atoms with Crippen molar-refractivity contribution in [3.8, 4) is 0 Å². The number of halogens is 6. The first kappa shape index (κ1) is 28.7. The minimum absolute atomic E-state index is 0.771. The number of nitrogen functional groups attached to an aromatic ring is 2. The van der Waals surface area contributed by atoms with Gasteiger partial charge in [0.15, 0.2) is 18.8 Å². The van der Waals surface area contributed by atoms with Crippen LogP contribution in [0.1, 0.15) is 11.1 Å². The number of thioether (sulfide) groups is 1. The van der Waals surface area contributed by atoms with Crippen molar-refractivity contribution in [1.29, 1.82) is 0 Å². The predicted molar refractivity (Wildman–Crippen MR) is 150 cm³/mol. The van der Waals surface area contributed by atoms with E-state index in [0.717, 1.165) is 48.8 Å². The first-order chi connectivity index (χ1) is 18.1. The molecule has 0 atom stereocenters. The molecule has 2 aromatic rings. The largest absolute Gasteiger partial charge is 0.399 e. The molecule has 4 N–H and O–H groups in total. The van der Waals surface area contributed by atoms with Crippen molar-refractivity contribution < 1.29 is 34.5 Å². The van der Waals surface area contributed by atoms with Gasteiger partial charge in [0.25, 0.3) is 0 Å². The van der Waals surface area contributed by atoms with Gasteiger partial charge in [0.2, 0.25) is 0 Å². The van der Waals surface area contributed by atoms with E-state index in [0.29, 0.717) is 0 Å². The number of hydrogen-bond acceptors (Lipinski definition) is 4. The second-order valence-electron chi connectivity index (χ2n) is 8.92. The molecule has 0 spiro atoms. The maximum atomic E-state index is 9.87. The van der Waals surface area contributed by atoms with Crippen LogP contribution in [0, 0.1) is 0 Å². The number of benzene rings is 2. The summed E-state index contributed by atoms with van der Waals surface area (Å²) >= 11 is 1.77. The number of hydrogen-bond donors (Lipinski definition) is 2. The van der Waals surface area contributed by atoms with Gasteiger partial charge in [-0.1, -0.05) is 36.0 Å². The van der Waals surface area contributed by atoms with Crippen molar-refractivity contribution in [1.82, 2.24) is 0 Å². The van der Waals surface area contributed by atoms with E-state index >= 15 is 0 Å². The molecule has 39 heavy (non-hydrogen) atoms. The Hall–Kier alpha value is -3.27. The molecular formula is C27H26F6N3OPS. The number of morpholine rings is 1. The summed E-state index contributed by atoms with van der Waals surface area (Å²) < 4.78 is 67.1. The van der Waals surface area contributed by atoms with Gasteiger partial charge in [-0.2, -0.15) is 0 Å². The van der Waals surface area contributed by atoms with Crippen molar-refractivity contribution in [2.24, 2.45) is 0 Å². The molecule has 2 aromatic carbocycles. The molecule has 5 rings (SSSR count). The van der Waals surface area contributed by atoms with Crippen LogP contribution in [0.4, 0.5) is 36.6 Å². The average molecular weight is 586 g/mol. The molecule has 12 heteroatoms. The SMILES string of the molecule is F[P-](F)(F)(F)(F)F.Nc1ccc(C2=CC(=C3C=CC(=[N+]4CCOCC4)C=C3)C=C(c3ccc(N)cc3)S2)cc1. The van der Waals surface area contributed by atoms with Crippen molar-refractivity contribution >= 4 is 46.5 Å². The van der Waals surface area contributed by atoms with Crippen LogP contribution in [-0.4, -0.2) is 36.6 Å². The Morgan fingerprint density at radius 2 is 1.05 bits per heavy atom. The normalized spacial score (nSPS) is 19.4. The van der Waals surface area contributed by atoms with Crippen LogP contribution >= 0.6 is 19.6 Å². The van der Waals surface area contributed by atoms with Crippen LogP contribution < -0.4 is 11.5 Å². The zero-order valence-corrected chi connectivity index (χ0v) is 22.3. The van der Waals surface area contributed by atoms with E-state index in [1.54, 1.807) is 11.8 Å². The summed E-state index contributed by atoms with van der Waals surface area (Å²) in [5.41, 5.74) is 19.3. The summed E-state index contributed by atoms with van der Waals surface area (Å²) in [6, 6.07) is 16.1. The van der Waals surface area contributed by atoms with E-state index in [4.69, 9.17) is 16.2 Å². The van der Waals surface area contributed by atoms with E-state index in [2.05, 4.69) is 65.3 Å². The topological polar surface area (TPSA) is 64.3 Å². The van der Waals surface area contributed by atoms with Crippen molar-refractivity contribution in [2.75, 3.05) is 37.8 Å². The summed E-state index contributed by atoms with van der Waals surface area (Å²) in [5.74, 6) is 0. The van der Waals surface area contributed by atoms with E-state index in [1.807, 2.05) is 24.3 Å². The number of rotatable bonds is 2. The van der Waals surface area contributed by atoms with E-state index < -0.39 is 7.81 Å². The third-order valence-corrected chi connectivity index (χ3v) is 6.91. The van der Waals surface area contributed by atoms with Crippen LogP contribution in [0.15, 0.2) is 96.1 Å². The molecule has 2 aliphatic heterocycles. The van der Waals surface area contributed by atoms with E-state index in [9.17, 15) is 25.2 Å². The van der Waals surface area contributed by atoms with Crippen LogP contribution in [0.5, 0.6) is 0 Å². The number of allylic oxidation sites excluding steroid dienone is 8. The maximum Gasteiger partial charge on any atom is 0.200 e. The van der Waals surface area contributed by atoms with Crippen LogP contribution in [0.2, 0.25) is 0 Å². The second kappa shape index (κ2) is 10.4. The molecule has 0 amide bonds. The molecule has 3 aliphatic rings. The number of ether oxygens (including phenoxy) is 1. The quantitative estimate of drug-likeness (QED) is 0.161. The third kappa shape index (κ3) is 9.45. The van der Waals surface area contributed by atoms with Crippen molar-refractivity contribution in [3.63, 3.8) is 0 Å². The molecule has 1 saturated heterocycles. The summed E-state index contributed by atoms with van der Waals surface area (Å²) in [6.07, 6.45) is 13.4. The number of nitrogens with zero attached hydrogens (tertiary/aromatic N) is 1. The minimum Gasteiger partial charge on any atom is -0.399 e. The smallest absolute Gasteiger partial charge is 0.200 e. The fourth-order valence-electron chi connectivity index (χ4n) is 3.93. The van der Waals surface area contributed by atoms with Crippen molar-refractivity contribution in [3.05, 3.63) is 107 Å². The van der Waals surface area contributed by atoms with Crippen LogP contribution in [-0.2, 0) is 4.74 Å². The average Bonchev–Trinajstić information content (AvgIpc) is 2.88. The van der Waals surface area contributed by atoms with Gasteiger partial charge < -0.3 is 16.2 Å². The van der Waals surface area contributed by atoms with Gasteiger partial charge in [0, 0.05) is 33.3 Å². The zero-order chi connectivity index (χ0) is 28.3. The Balaban J connectivity index is 0.000000448. The second-order valence-corrected chi connectivity index (χ2v) is 11.9. The molecule has 0 bridgehead atoms. The zero-order valence-electron chi connectivity index (χ0n) is 20.5. The molecular weight excluding hydrogens is 559 g/mol. The Kier molecular flexibility index (Phi) is 7.64. The Morgan fingerprint density at radius 3 is 1.46 bits per heavy atom. The van der Waals surface area contributed by atoms with Gasteiger partial charge in [-0.3, -0.25) is 0 Å². The van der Waals surface area contributed by atoms with E-state index in [1.165, 1.54) is 26.7 Å². The molecule has 1 fully saturated rings. The summed E-state index contributed by atoms with van der Waals surface area (Å²) in [4.78, 5) is 2.40. The monoisotopic (exact) mass is 585 g/mol. The summed E-state index contributed by atoms with van der Waals surface area (Å²) in [6.45, 7) is 3.46. The van der Waals surface area contributed by atoms with Gasteiger partial charge in [-0.25, -0.2) is 4.58 Å². The number of nitrogens with two attached hydrogens (primary N) is 2. The molecule has 208 valence electrons. The van der Waals surface area contributed by atoms with E-state index in [-0.39, 0.29) is 0 Å². The first-order valence-electron chi connectivity index (χ1n) is 11.8. The Morgan fingerprint density at radius 1 is 0.641 bits per heavy atom. The Labute approximate surface area is 226 Å². The summed E-state index contributed by atoms with van der Waals surface area (Å²) in [7, 11) is -10.7. The molecule has 1 aliphatic carbocycles. The molecule has 2 heterocycles. The molecule has 0 unspecified atom stereocenters. The summed E-state index contributed by atoms with van der Waals surface area (Å²) in [5, 5.41) is 0. The molecule has 0 aromatic heterocycles. The van der Waals surface area contributed by atoms with Gasteiger partial charge in [0.1, 0.15) is 13.2 Å². The van der Waals surface area contributed by atoms with Gasteiger partial charge in [-0.05, 0) is 70.8 Å². The predicted octanol–water partition coefficient (Wildman–Crippen LogP) is 8.27. The van der Waals surface area contributed by atoms with Gasteiger partial charge in [0.05, 0.1) is 0 Å². The standard InChI is InChI=1S/C27H25N3OS.F6P/c28-23-7-1-20(2-8-23)26-17-22(18-27(32-26)21-3-9-24(29)10-4-21)19-5-11-25(12-6-19)30-13-15-31-16-14-30;1-7(2,3,4,5)6/h1-12,17-18H,13-16H2,(H3,28,29);/q;-1/p+1. The Bertz CT molecular complexity index is 1340. The molecule has 4 nitrogen and oxygen atoms in total. The molecule has 0 radical (unpaired) electrons. The third-order valence-electron chi connectivity index (χ3n) is 5.76. The maximum absolute atomic E-state index is 10.7. The van der Waals surface area contributed by atoms with Gasteiger partial charge >= 0.3 is 33.0 Å². The van der Waals surface area contributed by atoms with Crippen LogP contribution in [0.25, 0.3) is 9.81 Å². The first-order valence-corrected chi connectivity index (χ1v) is 14.6. The minimum atomic E-state index is -10.7.